The summed E-state index contributed by atoms with van der Waals surface area (Å²) in [6.07, 6.45) is 4.53. The van der Waals surface area contributed by atoms with Crippen LogP contribution in [0, 0.1) is 0 Å². The van der Waals surface area contributed by atoms with Crippen LogP contribution in [0.4, 0.5) is 11.6 Å². The maximum absolute atomic E-state index is 11.3. The molecule has 0 radical (unpaired) electrons. The third-order valence-corrected chi connectivity index (χ3v) is 3.98. The minimum Gasteiger partial charge on any atom is -0.363 e. The third kappa shape index (κ3) is 4.04. The Morgan fingerprint density at radius 1 is 1.40 bits per heavy atom. The van der Waals surface area contributed by atoms with E-state index in [-0.39, 0.29) is 6.04 Å². The molecule has 1 aliphatic rings. The molecule has 0 aromatic carbocycles. The second-order valence-electron chi connectivity index (χ2n) is 5.30. The minimum absolute atomic E-state index is 0.0588. The molecular formula is C12H21N5O2S. The third-order valence-electron chi connectivity index (χ3n) is 3.22. The summed E-state index contributed by atoms with van der Waals surface area (Å²) in [6, 6.07) is 1.86. The van der Waals surface area contributed by atoms with E-state index in [1.165, 1.54) is 12.6 Å². The number of anilines is 2. The summed E-state index contributed by atoms with van der Waals surface area (Å²) in [6.45, 7) is 1.52. The van der Waals surface area contributed by atoms with Crippen LogP contribution in [0.25, 0.3) is 0 Å². The van der Waals surface area contributed by atoms with Crippen LogP contribution < -0.4 is 14.5 Å². The van der Waals surface area contributed by atoms with Gasteiger partial charge >= 0.3 is 0 Å². The van der Waals surface area contributed by atoms with Gasteiger partial charge in [-0.05, 0) is 12.8 Å². The van der Waals surface area contributed by atoms with Crippen molar-refractivity contribution in [1.29, 1.82) is 0 Å². The number of nitrogens with zero attached hydrogens (tertiary/aromatic N) is 4. The summed E-state index contributed by atoms with van der Waals surface area (Å²) in [5, 5.41) is 0. The van der Waals surface area contributed by atoms with Gasteiger partial charge in [-0.15, -0.1) is 0 Å². The summed E-state index contributed by atoms with van der Waals surface area (Å²) in [7, 11) is 0.685. The molecule has 1 atom stereocenters. The lowest BCUT2D eigenvalue weighted by molar-refractivity contribution is 0.465. The number of nitrogens with one attached hydrogen (secondary N) is 1. The predicted molar refractivity (Wildman–Crippen MR) is 79.6 cm³/mol. The summed E-state index contributed by atoms with van der Waals surface area (Å²) < 4.78 is 25.3. The normalized spacial score (nSPS) is 19.9. The van der Waals surface area contributed by atoms with Gasteiger partial charge < -0.3 is 9.80 Å². The SMILES string of the molecule is CN(C)c1cc(N2CCC[C@H](NS(C)(=O)=O)C2)ncn1. The number of sulfonamides is 1. The average molecular weight is 299 g/mol. The van der Waals surface area contributed by atoms with E-state index in [1.807, 2.05) is 25.1 Å². The zero-order valence-electron chi connectivity index (χ0n) is 12.1. The molecule has 1 aromatic heterocycles. The summed E-state index contributed by atoms with van der Waals surface area (Å²) >= 11 is 0. The van der Waals surface area contributed by atoms with Crippen molar-refractivity contribution in [2.45, 2.75) is 18.9 Å². The molecule has 112 valence electrons. The van der Waals surface area contributed by atoms with Gasteiger partial charge in [0.05, 0.1) is 6.26 Å². The Labute approximate surface area is 120 Å². The van der Waals surface area contributed by atoms with E-state index in [1.54, 1.807) is 0 Å². The highest BCUT2D eigenvalue weighted by Gasteiger charge is 2.23. The van der Waals surface area contributed by atoms with E-state index >= 15 is 0 Å². The van der Waals surface area contributed by atoms with E-state index in [9.17, 15) is 8.42 Å². The molecule has 0 spiro atoms. The van der Waals surface area contributed by atoms with Crippen molar-refractivity contribution >= 4 is 21.7 Å². The molecule has 0 aliphatic carbocycles. The molecule has 0 amide bonds. The highest BCUT2D eigenvalue weighted by Crippen LogP contribution is 2.20. The van der Waals surface area contributed by atoms with Crippen molar-refractivity contribution < 1.29 is 8.42 Å². The van der Waals surface area contributed by atoms with Crippen molar-refractivity contribution in [3.63, 3.8) is 0 Å². The fraction of sp³-hybridized carbons (Fsp3) is 0.667. The van der Waals surface area contributed by atoms with Gasteiger partial charge in [0, 0.05) is 39.3 Å². The Kier molecular flexibility index (Phi) is 4.44. The van der Waals surface area contributed by atoms with Crippen LogP contribution in [-0.4, -0.2) is 57.9 Å². The van der Waals surface area contributed by atoms with Gasteiger partial charge in [0.2, 0.25) is 10.0 Å². The molecule has 1 aromatic rings. The lowest BCUT2D eigenvalue weighted by Crippen LogP contribution is -2.47. The Balaban J connectivity index is 2.10. The Hall–Kier alpha value is -1.41. The molecule has 1 N–H and O–H groups in total. The van der Waals surface area contributed by atoms with Crippen LogP contribution >= 0.6 is 0 Å². The highest BCUT2D eigenvalue weighted by molar-refractivity contribution is 7.88. The molecule has 1 saturated heterocycles. The summed E-state index contributed by atoms with van der Waals surface area (Å²) in [5.41, 5.74) is 0. The van der Waals surface area contributed by atoms with Gasteiger partial charge in [-0.3, -0.25) is 0 Å². The first-order valence-corrected chi connectivity index (χ1v) is 8.46. The number of rotatable bonds is 4. The second kappa shape index (κ2) is 5.92. The summed E-state index contributed by atoms with van der Waals surface area (Å²) in [5.74, 6) is 1.68. The monoisotopic (exact) mass is 299 g/mol. The van der Waals surface area contributed by atoms with Gasteiger partial charge in [0.1, 0.15) is 18.0 Å². The minimum atomic E-state index is -3.17. The van der Waals surface area contributed by atoms with Crippen LogP contribution in [0.2, 0.25) is 0 Å². The maximum atomic E-state index is 11.3. The quantitative estimate of drug-likeness (QED) is 0.847. The van der Waals surface area contributed by atoms with Gasteiger partial charge in [0.25, 0.3) is 0 Å². The molecule has 20 heavy (non-hydrogen) atoms. The topological polar surface area (TPSA) is 78.4 Å². The van der Waals surface area contributed by atoms with Crippen molar-refractivity contribution in [2.75, 3.05) is 43.2 Å². The van der Waals surface area contributed by atoms with Crippen LogP contribution in [0.15, 0.2) is 12.4 Å². The number of hydrogen-bond acceptors (Lipinski definition) is 6. The first-order valence-electron chi connectivity index (χ1n) is 6.57. The molecule has 2 rings (SSSR count). The fourth-order valence-electron chi connectivity index (χ4n) is 2.34. The molecule has 0 bridgehead atoms. The van der Waals surface area contributed by atoms with Crippen molar-refractivity contribution in [3.05, 3.63) is 12.4 Å². The smallest absolute Gasteiger partial charge is 0.209 e. The van der Waals surface area contributed by atoms with Crippen molar-refractivity contribution in [3.8, 4) is 0 Å². The first-order chi connectivity index (χ1) is 9.35. The molecule has 1 aliphatic heterocycles. The zero-order chi connectivity index (χ0) is 14.8. The van der Waals surface area contributed by atoms with Crippen LogP contribution in [0.5, 0.6) is 0 Å². The Bertz CT molecular complexity index is 561. The molecule has 1 fully saturated rings. The van der Waals surface area contributed by atoms with E-state index in [0.29, 0.717) is 6.54 Å². The molecule has 0 saturated carbocycles. The van der Waals surface area contributed by atoms with Gasteiger partial charge in [0.15, 0.2) is 0 Å². The standard InChI is InChI=1S/C12H21N5O2S/c1-16(2)11-7-12(14-9-13-11)17-6-4-5-10(8-17)15-20(3,18)19/h7,9-10,15H,4-6,8H2,1-3H3/t10-/m0/s1. The lowest BCUT2D eigenvalue weighted by Gasteiger charge is -2.33. The molecule has 7 nitrogen and oxygen atoms in total. The average Bonchev–Trinajstić information content (AvgIpc) is 2.37. The number of hydrogen-bond donors (Lipinski definition) is 1. The van der Waals surface area contributed by atoms with E-state index in [0.717, 1.165) is 31.0 Å². The Morgan fingerprint density at radius 3 is 2.80 bits per heavy atom. The van der Waals surface area contributed by atoms with Crippen molar-refractivity contribution in [1.82, 2.24) is 14.7 Å². The van der Waals surface area contributed by atoms with Crippen LogP contribution in [0.1, 0.15) is 12.8 Å². The number of aromatic nitrogens is 2. The van der Waals surface area contributed by atoms with E-state index < -0.39 is 10.0 Å². The molecular weight excluding hydrogens is 278 g/mol. The van der Waals surface area contributed by atoms with Crippen LogP contribution in [-0.2, 0) is 10.0 Å². The van der Waals surface area contributed by atoms with Crippen LogP contribution in [0.3, 0.4) is 0 Å². The maximum Gasteiger partial charge on any atom is 0.209 e. The first kappa shape index (κ1) is 15.0. The largest absolute Gasteiger partial charge is 0.363 e. The molecule has 8 heteroatoms. The number of piperidine rings is 1. The van der Waals surface area contributed by atoms with Gasteiger partial charge in [-0.2, -0.15) is 0 Å². The predicted octanol–water partition coefficient (Wildman–Crippen LogP) is 0.0606. The Morgan fingerprint density at radius 2 is 2.15 bits per heavy atom. The van der Waals surface area contributed by atoms with E-state index in [2.05, 4.69) is 19.6 Å². The second-order valence-corrected chi connectivity index (χ2v) is 7.08. The van der Waals surface area contributed by atoms with Gasteiger partial charge in [-0.25, -0.2) is 23.1 Å². The zero-order valence-corrected chi connectivity index (χ0v) is 12.9. The highest BCUT2D eigenvalue weighted by atomic mass is 32.2. The van der Waals surface area contributed by atoms with Crippen molar-refractivity contribution in [2.24, 2.45) is 0 Å². The lowest BCUT2D eigenvalue weighted by atomic mass is 10.1. The van der Waals surface area contributed by atoms with Gasteiger partial charge in [-0.1, -0.05) is 0 Å². The summed E-state index contributed by atoms with van der Waals surface area (Å²) in [4.78, 5) is 12.5. The van der Waals surface area contributed by atoms with E-state index in [4.69, 9.17) is 0 Å². The molecule has 2 heterocycles. The molecule has 0 unspecified atom stereocenters. The fourth-order valence-corrected chi connectivity index (χ4v) is 3.14.